The van der Waals surface area contributed by atoms with Crippen molar-refractivity contribution in [2.75, 3.05) is 24.5 Å². The lowest BCUT2D eigenvalue weighted by Crippen LogP contribution is -2.40. The van der Waals surface area contributed by atoms with E-state index in [1.54, 1.807) is 27.8 Å². The van der Waals surface area contributed by atoms with Crippen molar-refractivity contribution < 1.29 is 18.4 Å². The zero-order valence-electron chi connectivity index (χ0n) is 23.5. The summed E-state index contributed by atoms with van der Waals surface area (Å²) < 4.78 is 30.6. The maximum Gasteiger partial charge on any atom is 0.333 e. The molecule has 10 nitrogen and oxygen atoms in total. The van der Waals surface area contributed by atoms with Crippen molar-refractivity contribution >= 4 is 29.2 Å². The zero-order valence-corrected chi connectivity index (χ0v) is 23.5. The molecule has 43 heavy (non-hydrogen) atoms. The van der Waals surface area contributed by atoms with Gasteiger partial charge in [-0.15, -0.1) is 0 Å². The molecule has 0 N–H and O–H groups in total. The first-order valence-electron chi connectivity index (χ1n) is 14.8. The Morgan fingerprint density at radius 3 is 2.40 bits per heavy atom. The number of amides is 2. The molecule has 2 saturated carbocycles. The van der Waals surface area contributed by atoms with Gasteiger partial charge in [0.1, 0.15) is 11.6 Å². The second-order valence-electron chi connectivity index (χ2n) is 11.7. The summed E-state index contributed by atoms with van der Waals surface area (Å²) in [6.07, 6.45) is 7.03. The van der Waals surface area contributed by atoms with Crippen LogP contribution in [0.5, 0.6) is 0 Å². The standard InChI is InChI=1S/C31H30F2N6O4/c32-23-10-4-18(15-24(23)33)29(41)37(14-2-13-36-12-1-3-27(36)40)26-11-5-19(17-34-26)25-16-22-28(35-25)38(20-6-7-20)31(43)39(30(22)42)21-8-9-21/h4-5,10-11,15,17,20-21H,1-3,6-9,12-14,16H2. The van der Waals surface area contributed by atoms with Gasteiger partial charge < -0.3 is 4.90 Å². The number of anilines is 1. The van der Waals surface area contributed by atoms with E-state index in [0.717, 1.165) is 44.2 Å². The highest BCUT2D eigenvalue weighted by Crippen LogP contribution is 2.40. The number of carbonyl (C=O) groups excluding carboxylic acids is 2. The second-order valence-corrected chi connectivity index (χ2v) is 11.7. The first-order valence-corrected chi connectivity index (χ1v) is 14.8. The lowest BCUT2D eigenvalue weighted by atomic mass is 10.1. The first kappa shape index (κ1) is 27.4. The Bertz CT molecular complexity index is 1790. The van der Waals surface area contributed by atoms with Crippen LogP contribution in [0.1, 0.15) is 78.5 Å². The minimum atomic E-state index is -1.12. The highest BCUT2D eigenvalue weighted by molar-refractivity contribution is 6.07. The van der Waals surface area contributed by atoms with Crippen LogP contribution in [0.4, 0.5) is 20.4 Å². The maximum absolute atomic E-state index is 14.0. The molecule has 2 amide bonds. The smallest absolute Gasteiger partial charge is 0.333 e. The Balaban J connectivity index is 1.16. The van der Waals surface area contributed by atoms with Gasteiger partial charge >= 0.3 is 5.69 Å². The number of fused-ring (bicyclic) bond motifs is 1. The number of pyridine rings is 1. The molecule has 4 heterocycles. The molecule has 3 aromatic rings. The summed E-state index contributed by atoms with van der Waals surface area (Å²) in [7, 11) is 0. The molecule has 7 rings (SSSR count). The van der Waals surface area contributed by atoms with Crippen LogP contribution in [0, 0.1) is 11.6 Å². The molecule has 1 aromatic carbocycles. The van der Waals surface area contributed by atoms with Gasteiger partial charge in [0.15, 0.2) is 11.6 Å². The van der Waals surface area contributed by atoms with Crippen molar-refractivity contribution in [1.29, 1.82) is 0 Å². The zero-order chi connectivity index (χ0) is 29.8. The number of nitrogens with zero attached hydrogens (tertiary/aromatic N) is 6. The third-order valence-electron chi connectivity index (χ3n) is 8.55. The van der Waals surface area contributed by atoms with Crippen molar-refractivity contribution in [3.8, 4) is 0 Å². The lowest BCUT2D eigenvalue weighted by molar-refractivity contribution is -0.127. The maximum atomic E-state index is 14.0. The largest absolute Gasteiger partial charge is 0.343 e. The number of halogens is 2. The van der Waals surface area contributed by atoms with Gasteiger partial charge in [0.2, 0.25) is 5.91 Å². The topological polar surface area (TPSA) is 110 Å². The van der Waals surface area contributed by atoms with Gasteiger partial charge in [-0.2, -0.15) is 0 Å². The van der Waals surface area contributed by atoms with Gasteiger partial charge in [0, 0.05) is 61.9 Å². The molecule has 0 unspecified atom stereocenters. The number of hydrogen-bond donors (Lipinski definition) is 0. The molecule has 1 saturated heterocycles. The lowest BCUT2D eigenvalue weighted by Gasteiger charge is -2.24. The minimum absolute atomic E-state index is 0.0253. The van der Waals surface area contributed by atoms with E-state index in [-0.39, 0.29) is 47.8 Å². The molecule has 0 atom stereocenters. The van der Waals surface area contributed by atoms with Gasteiger partial charge in [-0.25, -0.2) is 23.6 Å². The van der Waals surface area contributed by atoms with E-state index < -0.39 is 17.5 Å². The van der Waals surface area contributed by atoms with E-state index in [4.69, 9.17) is 4.99 Å². The number of hydrogen-bond acceptors (Lipinski definition) is 6. The summed E-state index contributed by atoms with van der Waals surface area (Å²) in [4.78, 5) is 64.5. The van der Waals surface area contributed by atoms with Crippen molar-refractivity contribution in [2.24, 2.45) is 4.99 Å². The third-order valence-corrected chi connectivity index (χ3v) is 8.55. The van der Waals surface area contributed by atoms with E-state index >= 15 is 0 Å². The van der Waals surface area contributed by atoms with Crippen molar-refractivity contribution in [1.82, 2.24) is 19.0 Å². The van der Waals surface area contributed by atoms with Crippen LogP contribution in [0.2, 0.25) is 0 Å². The predicted molar refractivity (Wildman–Crippen MR) is 154 cm³/mol. The molecular weight excluding hydrogens is 558 g/mol. The molecule has 0 bridgehead atoms. The van der Waals surface area contributed by atoms with Crippen LogP contribution in [0.3, 0.4) is 0 Å². The fourth-order valence-corrected chi connectivity index (χ4v) is 5.96. The van der Waals surface area contributed by atoms with Crippen LogP contribution >= 0.6 is 0 Å². The first-order chi connectivity index (χ1) is 20.8. The van der Waals surface area contributed by atoms with Crippen LogP contribution in [0.15, 0.2) is 51.1 Å². The Kier molecular flexibility index (Phi) is 6.78. The van der Waals surface area contributed by atoms with Gasteiger partial charge in [-0.05, 0) is 68.9 Å². The molecule has 0 radical (unpaired) electrons. The second kappa shape index (κ2) is 10.7. The molecule has 4 aliphatic rings. The summed E-state index contributed by atoms with van der Waals surface area (Å²) in [5.74, 6) is -1.91. The average Bonchev–Trinajstić information content (AvgIpc) is 3.93. The summed E-state index contributed by atoms with van der Waals surface area (Å²) >= 11 is 0. The fraction of sp³-hybridized carbons (Fsp3) is 0.419. The monoisotopic (exact) mass is 588 g/mol. The Morgan fingerprint density at radius 2 is 1.74 bits per heavy atom. The van der Waals surface area contributed by atoms with E-state index in [1.165, 1.54) is 15.5 Å². The molecule has 2 aliphatic heterocycles. The third kappa shape index (κ3) is 5.08. The van der Waals surface area contributed by atoms with E-state index in [2.05, 4.69) is 4.98 Å². The molecule has 222 valence electrons. The molecule has 0 spiro atoms. The molecule has 2 aliphatic carbocycles. The van der Waals surface area contributed by atoms with Gasteiger partial charge in [-0.1, -0.05) is 0 Å². The number of rotatable bonds is 9. The highest BCUT2D eigenvalue weighted by atomic mass is 19.2. The number of aromatic nitrogens is 3. The van der Waals surface area contributed by atoms with Crippen molar-refractivity contribution in [3.05, 3.63) is 85.7 Å². The Labute approximate surface area is 245 Å². The molecular formula is C31H30F2N6O4. The van der Waals surface area contributed by atoms with E-state index in [0.29, 0.717) is 54.4 Å². The average molecular weight is 589 g/mol. The van der Waals surface area contributed by atoms with Gasteiger partial charge in [0.05, 0.1) is 11.3 Å². The normalized spacial score (nSPS) is 17.8. The Morgan fingerprint density at radius 1 is 0.977 bits per heavy atom. The quantitative estimate of drug-likeness (QED) is 0.379. The Hall–Kier alpha value is -4.48. The molecule has 2 aromatic heterocycles. The number of benzene rings is 1. The van der Waals surface area contributed by atoms with Gasteiger partial charge in [-0.3, -0.25) is 28.4 Å². The summed E-state index contributed by atoms with van der Waals surface area (Å²) in [5.41, 5.74) is 1.19. The highest BCUT2D eigenvalue weighted by Gasteiger charge is 2.37. The van der Waals surface area contributed by atoms with Crippen LogP contribution < -0.4 is 16.1 Å². The van der Waals surface area contributed by atoms with Crippen LogP contribution in [0.25, 0.3) is 0 Å². The van der Waals surface area contributed by atoms with E-state index in [1.807, 2.05) is 0 Å². The van der Waals surface area contributed by atoms with Crippen molar-refractivity contribution in [2.45, 2.75) is 63.5 Å². The summed E-state index contributed by atoms with van der Waals surface area (Å²) in [5, 5.41) is 0. The molecule has 3 fully saturated rings. The summed E-state index contributed by atoms with van der Waals surface area (Å²) in [6, 6.07) is 6.42. The van der Waals surface area contributed by atoms with Crippen LogP contribution in [-0.2, 0) is 11.2 Å². The number of aliphatic imine (C=N–C) groups is 1. The summed E-state index contributed by atoms with van der Waals surface area (Å²) in [6.45, 7) is 1.34. The van der Waals surface area contributed by atoms with Crippen LogP contribution in [-0.4, -0.2) is 56.2 Å². The minimum Gasteiger partial charge on any atom is -0.343 e. The van der Waals surface area contributed by atoms with Crippen molar-refractivity contribution in [3.63, 3.8) is 0 Å². The van der Waals surface area contributed by atoms with Gasteiger partial charge in [0.25, 0.3) is 11.5 Å². The predicted octanol–water partition coefficient (Wildman–Crippen LogP) is 3.69. The SMILES string of the molecule is O=C1CCCN1CCCN(C(=O)c1ccc(F)c(F)c1)c1ccc(C2=Nc3c(c(=O)n(C4CC4)c(=O)n3C3CC3)C2)cn1. The number of likely N-dealkylation sites (tertiary alicyclic amines) is 1. The molecule has 12 heteroatoms. The number of carbonyl (C=O) groups is 2. The fourth-order valence-electron chi connectivity index (χ4n) is 5.96. The van der Waals surface area contributed by atoms with E-state index in [9.17, 15) is 28.0 Å².